The van der Waals surface area contributed by atoms with Gasteiger partial charge in [-0.2, -0.15) is 0 Å². The smallest absolute Gasteiger partial charge is 0.122 e. The number of hydrogen-bond acceptors (Lipinski definition) is 2. The van der Waals surface area contributed by atoms with Crippen molar-refractivity contribution >= 4 is 5.69 Å². The number of phenolic OH excluding ortho intramolecular Hbond substituents is 1. The summed E-state index contributed by atoms with van der Waals surface area (Å²) in [4.78, 5) is 0. The normalized spacial score (nSPS) is 12.4. The van der Waals surface area contributed by atoms with Gasteiger partial charge in [0.25, 0.3) is 0 Å². The molecule has 2 aromatic rings. The van der Waals surface area contributed by atoms with Gasteiger partial charge in [0.1, 0.15) is 5.75 Å². The summed E-state index contributed by atoms with van der Waals surface area (Å²) in [5.41, 5.74) is 10.9. The summed E-state index contributed by atoms with van der Waals surface area (Å²) in [6, 6.07) is 12.2. The molecule has 2 nitrogen and oxygen atoms in total. The van der Waals surface area contributed by atoms with E-state index in [1.807, 2.05) is 24.3 Å². The molecule has 0 unspecified atom stereocenters. The fraction of sp³-hybridized carbons (Fsp3) is 0.429. The molecular formula is C21H29NO. The third kappa shape index (κ3) is 4.07. The summed E-state index contributed by atoms with van der Waals surface area (Å²) < 4.78 is 0. The first-order valence-corrected chi connectivity index (χ1v) is 8.20. The van der Waals surface area contributed by atoms with Crippen LogP contribution in [0.5, 0.6) is 5.75 Å². The highest BCUT2D eigenvalue weighted by molar-refractivity contribution is 5.51. The van der Waals surface area contributed by atoms with Crippen molar-refractivity contribution < 1.29 is 5.11 Å². The maximum Gasteiger partial charge on any atom is 0.122 e. The van der Waals surface area contributed by atoms with E-state index >= 15 is 0 Å². The first-order chi connectivity index (χ1) is 10.5. The van der Waals surface area contributed by atoms with Crippen molar-refractivity contribution in [2.45, 2.75) is 58.8 Å². The number of nitrogen functional groups attached to an aromatic ring is 1. The van der Waals surface area contributed by atoms with E-state index in [-0.39, 0.29) is 10.8 Å². The molecular weight excluding hydrogens is 282 g/mol. The molecule has 0 saturated heterocycles. The van der Waals surface area contributed by atoms with Crippen LogP contribution in [0.2, 0.25) is 0 Å². The average Bonchev–Trinajstić information content (AvgIpc) is 2.41. The summed E-state index contributed by atoms with van der Waals surface area (Å²) >= 11 is 0. The Bertz CT molecular complexity index is 686. The van der Waals surface area contributed by atoms with Crippen LogP contribution in [0, 0.1) is 0 Å². The predicted octanol–water partition coefficient (Wildman–Crippen LogP) is 5.16. The molecule has 2 rings (SSSR count). The molecule has 0 aromatic heterocycles. The molecule has 23 heavy (non-hydrogen) atoms. The van der Waals surface area contributed by atoms with Gasteiger partial charge in [-0.05, 0) is 45.2 Å². The van der Waals surface area contributed by atoms with Crippen LogP contribution in [0.1, 0.15) is 63.8 Å². The Morgan fingerprint density at radius 1 is 0.870 bits per heavy atom. The number of hydrogen-bond donors (Lipinski definition) is 2. The van der Waals surface area contributed by atoms with Crippen LogP contribution in [-0.4, -0.2) is 5.11 Å². The first kappa shape index (κ1) is 17.4. The Morgan fingerprint density at radius 3 is 1.91 bits per heavy atom. The summed E-state index contributed by atoms with van der Waals surface area (Å²) in [6.07, 6.45) is 0.707. The molecule has 0 aliphatic carbocycles. The summed E-state index contributed by atoms with van der Waals surface area (Å²) in [5, 5.41) is 10.8. The number of rotatable bonds is 2. The summed E-state index contributed by atoms with van der Waals surface area (Å²) in [5.74, 6) is 0.419. The molecule has 0 heterocycles. The van der Waals surface area contributed by atoms with Crippen molar-refractivity contribution in [2.24, 2.45) is 0 Å². The van der Waals surface area contributed by atoms with Crippen LogP contribution in [0.4, 0.5) is 5.69 Å². The van der Waals surface area contributed by atoms with E-state index in [1.165, 1.54) is 5.56 Å². The number of nitrogens with two attached hydrogens (primary N) is 1. The van der Waals surface area contributed by atoms with Gasteiger partial charge in [-0.25, -0.2) is 0 Å². The zero-order valence-electron chi connectivity index (χ0n) is 15.2. The van der Waals surface area contributed by atoms with Gasteiger partial charge in [0.15, 0.2) is 0 Å². The SMILES string of the molecule is CC(C)(C)c1cc(Cc2ccc(N)cc2)c(O)c(C(C)(C)C)c1. The van der Waals surface area contributed by atoms with E-state index in [1.54, 1.807) is 0 Å². The molecule has 0 aliphatic heterocycles. The van der Waals surface area contributed by atoms with E-state index in [0.29, 0.717) is 12.2 Å². The predicted molar refractivity (Wildman–Crippen MR) is 99.2 cm³/mol. The lowest BCUT2D eigenvalue weighted by Crippen LogP contribution is -2.17. The second-order valence-electron chi connectivity index (χ2n) is 8.45. The van der Waals surface area contributed by atoms with Gasteiger partial charge in [0.05, 0.1) is 0 Å². The van der Waals surface area contributed by atoms with Crippen molar-refractivity contribution in [2.75, 3.05) is 5.73 Å². The van der Waals surface area contributed by atoms with Crippen LogP contribution in [0.15, 0.2) is 36.4 Å². The Labute approximate surface area is 140 Å². The van der Waals surface area contributed by atoms with Crippen molar-refractivity contribution in [1.82, 2.24) is 0 Å². The van der Waals surface area contributed by atoms with Crippen LogP contribution in [0.25, 0.3) is 0 Å². The molecule has 0 amide bonds. The van der Waals surface area contributed by atoms with E-state index in [0.717, 1.165) is 22.4 Å². The van der Waals surface area contributed by atoms with E-state index < -0.39 is 0 Å². The highest BCUT2D eigenvalue weighted by Gasteiger charge is 2.24. The second-order valence-corrected chi connectivity index (χ2v) is 8.45. The number of benzene rings is 2. The third-order valence-corrected chi connectivity index (χ3v) is 4.24. The van der Waals surface area contributed by atoms with E-state index in [9.17, 15) is 5.11 Å². The van der Waals surface area contributed by atoms with Gasteiger partial charge in [-0.1, -0.05) is 65.8 Å². The third-order valence-electron chi connectivity index (χ3n) is 4.24. The molecule has 0 bridgehead atoms. The van der Waals surface area contributed by atoms with Crippen LogP contribution < -0.4 is 5.73 Å². The van der Waals surface area contributed by atoms with Gasteiger partial charge in [-0.3, -0.25) is 0 Å². The second kappa shape index (κ2) is 5.92. The Morgan fingerprint density at radius 2 is 1.43 bits per heavy atom. The van der Waals surface area contributed by atoms with Crippen LogP contribution in [0.3, 0.4) is 0 Å². The molecule has 2 aromatic carbocycles. The minimum absolute atomic E-state index is 0.0452. The standard InChI is InChI=1S/C21H29NO/c1-20(2,3)16-12-15(11-14-7-9-17(22)10-8-14)19(23)18(13-16)21(4,5)6/h7-10,12-13,23H,11,22H2,1-6H3. The van der Waals surface area contributed by atoms with E-state index in [2.05, 4.69) is 53.7 Å². The molecule has 124 valence electrons. The average molecular weight is 311 g/mol. The largest absolute Gasteiger partial charge is 0.507 e. The lowest BCUT2D eigenvalue weighted by molar-refractivity contribution is 0.439. The highest BCUT2D eigenvalue weighted by Crippen LogP contribution is 2.38. The maximum atomic E-state index is 10.8. The Kier molecular flexibility index (Phi) is 4.48. The fourth-order valence-electron chi connectivity index (χ4n) is 2.69. The first-order valence-electron chi connectivity index (χ1n) is 8.20. The molecule has 0 atom stereocenters. The summed E-state index contributed by atoms with van der Waals surface area (Å²) in [7, 11) is 0. The minimum Gasteiger partial charge on any atom is -0.507 e. The van der Waals surface area contributed by atoms with E-state index in [4.69, 9.17) is 5.73 Å². The topological polar surface area (TPSA) is 46.2 Å². The van der Waals surface area contributed by atoms with Crippen molar-refractivity contribution in [3.8, 4) is 5.75 Å². The molecule has 0 fully saturated rings. The van der Waals surface area contributed by atoms with Gasteiger partial charge >= 0.3 is 0 Å². The molecule has 2 heteroatoms. The zero-order chi connectivity index (χ0) is 17.4. The molecule has 3 N–H and O–H groups in total. The molecule has 0 saturated carbocycles. The quantitative estimate of drug-likeness (QED) is 0.752. The molecule has 0 spiro atoms. The molecule has 0 radical (unpaired) electrons. The monoisotopic (exact) mass is 311 g/mol. The Hall–Kier alpha value is -1.96. The van der Waals surface area contributed by atoms with Crippen molar-refractivity contribution in [1.29, 1.82) is 0 Å². The van der Waals surface area contributed by atoms with Gasteiger partial charge in [-0.15, -0.1) is 0 Å². The van der Waals surface area contributed by atoms with Crippen molar-refractivity contribution in [3.63, 3.8) is 0 Å². The Balaban J connectivity index is 2.55. The van der Waals surface area contributed by atoms with Gasteiger partial charge in [0.2, 0.25) is 0 Å². The van der Waals surface area contributed by atoms with Crippen molar-refractivity contribution in [3.05, 3.63) is 58.7 Å². The van der Waals surface area contributed by atoms with Crippen LogP contribution in [-0.2, 0) is 17.3 Å². The maximum absolute atomic E-state index is 10.8. The highest BCUT2D eigenvalue weighted by atomic mass is 16.3. The lowest BCUT2D eigenvalue weighted by Gasteiger charge is -2.27. The number of anilines is 1. The summed E-state index contributed by atoms with van der Waals surface area (Å²) in [6.45, 7) is 13.0. The zero-order valence-corrected chi connectivity index (χ0v) is 15.2. The van der Waals surface area contributed by atoms with Gasteiger partial charge < -0.3 is 10.8 Å². The van der Waals surface area contributed by atoms with Gasteiger partial charge in [0, 0.05) is 12.1 Å². The number of phenols is 1. The minimum atomic E-state index is -0.0960. The number of aromatic hydroxyl groups is 1. The van der Waals surface area contributed by atoms with Crippen LogP contribution >= 0.6 is 0 Å². The molecule has 0 aliphatic rings. The fourth-order valence-corrected chi connectivity index (χ4v) is 2.69. The lowest BCUT2D eigenvalue weighted by atomic mass is 9.78.